The average molecular weight is 389 g/mol. The number of rotatable bonds is 6. The van der Waals surface area contributed by atoms with Gasteiger partial charge in [0.2, 0.25) is 0 Å². The summed E-state index contributed by atoms with van der Waals surface area (Å²) in [5.74, 6) is -0.0107. The van der Waals surface area contributed by atoms with Gasteiger partial charge in [0, 0.05) is 16.8 Å². The summed E-state index contributed by atoms with van der Waals surface area (Å²) in [6.07, 6.45) is 1.84. The van der Waals surface area contributed by atoms with E-state index in [9.17, 15) is 9.36 Å². The Kier molecular flexibility index (Phi) is 5.14. The predicted octanol–water partition coefficient (Wildman–Crippen LogP) is 4.00. The first-order chi connectivity index (χ1) is 13.6. The van der Waals surface area contributed by atoms with E-state index in [1.165, 1.54) is 4.57 Å². The first-order valence-electron chi connectivity index (χ1n) is 9.08. The lowest BCUT2D eigenvalue weighted by atomic mass is 10.2. The quantitative estimate of drug-likeness (QED) is 0.469. The number of benzene rings is 3. The summed E-state index contributed by atoms with van der Waals surface area (Å²) >= 11 is 0. The fraction of sp³-hybridized carbons (Fsp3) is 0.0870. The van der Waals surface area contributed by atoms with E-state index < -0.39 is 12.9 Å². The number of aromatic nitrogens is 1. The minimum Gasteiger partial charge on any atom is -0.412 e. The second-order valence-electron chi connectivity index (χ2n) is 6.65. The molecule has 4 rings (SSSR count). The van der Waals surface area contributed by atoms with Crippen LogP contribution in [0.2, 0.25) is 0 Å². The molecule has 0 bridgehead atoms. The highest BCUT2D eigenvalue weighted by molar-refractivity contribution is 7.78. The third-order valence-electron chi connectivity index (χ3n) is 4.67. The molecule has 0 N–H and O–H groups in total. The third-order valence-corrected chi connectivity index (χ3v) is 7.70. The molecule has 0 unspecified atom stereocenters. The normalized spacial score (nSPS) is 11.4. The van der Waals surface area contributed by atoms with Gasteiger partial charge < -0.3 is 8.98 Å². The number of oxazole rings is 1. The molecule has 0 saturated carbocycles. The topological polar surface area (TPSA) is 52.2 Å². The summed E-state index contributed by atoms with van der Waals surface area (Å²) in [7, 11) is -2.98. The van der Waals surface area contributed by atoms with Crippen molar-refractivity contribution in [2.45, 2.75) is 12.7 Å². The van der Waals surface area contributed by atoms with Crippen molar-refractivity contribution in [3.63, 3.8) is 0 Å². The van der Waals surface area contributed by atoms with Crippen LogP contribution in [0.3, 0.4) is 0 Å². The SMILES string of the molecule is O=c1oc(CP(=O)(c2ccccc2)c2ccccc2)cn1Cc1ccccc1. The molecule has 0 atom stereocenters. The standard InChI is InChI=1S/C23H20NO3P/c25-23-24(16-19-10-4-1-5-11-19)17-20(27-23)18-28(26,21-12-6-2-7-13-21)22-14-8-3-9-15-22/h1-15,17H,16,18H2. The fourth-order valence-electron chi connectivity index (χ4n) is 3.28. The summed E-state index contributed by atoms with van der Waals surface area (Å²) in [5, 5.41) is 1.50. The summed E-state index contributed by atoms with van der Waals surface area (Å²) in [6, 6.07) is 28.5. The maximum absolute atomic E-state index is 14.1. The van der Waals surface area contributed by atoms with E-state index in [1.54, 1.807) is 6.20 Å². The van der Waals surface area contributed by atoms with Gasteiger partial charge in [-0.2, -0.15) is 0 Å². The number of hydrogen-bond acceptors (Lipinski definition) is 3. The zero-order valence-corrected chi connectivity index (χ0v) is 16.2. The van der Waals surface area contributed by atoms with Crippen molar-refractivity contribution in [3.8, 4) is 0 Å². The third kappa shape index (κ3) is 3.78. The van der Waals surface area contributed by atoms with Crippen molar-refractivity contribution in [1.29, 1.82) is 0 Å². The van der Waals surface area contributed by atoms with Crippen LogP contribution in [0.5, 0.6) is 0 Å². The van der Waals surface area contributed by atoms with E-state index in [0.29, 0.717) is 12.3 Å². The van der Waals surface area contributed by atoms with Crippen molar-refractivity contribution in [1.82, 2.24) is 4.57 Å². The molecule has 0 spiro atoms. The Morgan fingerprint density at radius 2 is 1.25 bits per heavy atom. The van der Waals surface area contributed by atoms with Crippen LogP contribution in [0.1, 0.15) is 11.3 Å². The van der Waals surface area contributed by atoms with Crippen LogP contribution in [-0.4, -0.2) is 4.57 Å². The van der Waals surface area contributed by atoms with Crippen molar-refractivity contribution in [2.75, 3.05) is 0 Å². The lowest BCUT2D eigenvalue weighted by Gasteiger charge is -2.18. The van der Waals surface area contributed by atoms with Gasteiger partial charge in [-0.1, -0.05) is 91.0 Å². The van der Waals surface area contributed by atoms with Crippen LogP contribution < -0.4 is 16.4 Å². The Labute approximate surface area is 163 Å². The maximum atomic E-state index is 14.1. The van der Waals surface area contributed by atoms with Gasteiger partial charge in [0.15, 0.2) is 7.14 Å². The molecular weight excluding hydrogens is 369 g/mol. The van der Waals surface area contributed by atoms with Crippen LogP contribution in [0, 0.1) is 0 Å². The molecule has 0 aliphatic heterocycles. The molecule has 4 aromatic rings. The van der Waals surface area contributed by atoms with Gasteiger partial charge in [-0.05, 0) is 5.56 Å². The lowest BCUT2D eigenvalue weighted by Crippen LogP contribution is -2.17. The van der Waals surface area contributed by atoms with Gasteiger partial charge in [-0.25, -0.2) is 4.79 Å². The Bertz CT molecular complexity index is 1110. The predicted molar refractivity (Wildman–Crippen MR) is 112 cm³/mol. The van der Waals surface area contributed by atoms with Gasteiger partial charge in [0.25, 0.3) is 0 Å². The second-order valence-corrected chi connectivity index (χ2v) is 9.47. The Morgan fingerprint density at radius 1 is 0.750 bits per heavy atom. The minimum absolute atomic E-state index is 0.165. The average Bonchev–Trinajstić information content (AvgIpc) is 3.08. The summed E-state index contributed by atoms with van der Waals surface area (Å²) in [4.78, 5) is 12.3. The molecular formula is C23H20NO3P. The number of nitrogens with zero attached hydrogens (tertiary/aromatic N) is 1. The first-order valence-corrected chi connectivity index (χ1v) is 11.0. The molecule has 0 radical (unpaired) electrons. The molecule has 0 aliphatic rings. The first kappa shape index (κ1) is 18.3. The van der Waals surface area contributed by atoms with E-state index in [4.69, 9.17) is 4.42 Å². The van der Waals surface area contributed by atoms with Crippen LogP contribution in [0.25, 0.3) is 0 Å². The van der Waals surface area contributed by atoms with Gasteiger partial charge in [-0.3, -0.25) is 4.57 Å². The molecule has 0 fully saturated rings. The van der Waals surface area contributed by atoms with Crippen LogP contribution in [0.15, 0.2) is 106 Å². The molecule has 1 heterocycles. The molecule has 28 heavy (non-hydrogen) atoms. The van der Waals surface area contributed by atoms with Crippen LogP contribution in [0.4, 0.5) is 0 Å². The minimum atomic E-state index is -2.98. The van der Waals surface area contributed by atoms with E-state index >= 15 is 0 Å². The summed E-state index contributed by atoms with van der Waals surface area (Å²) in [5.41, 5.74) is 1.01. The van der Waals surface area contributed by atoms with Crippen LogP contribution in [-0.2, 0) is 17.3 Å². The smallest absolute Gasteiger partial charge is 0.412 e. The summed E-state index contributed by atoms with van der Waals surface area (Å²) in [6.45, 7) is 0.421. The molecule has 0 saturated heterocycles. The lowest BCUT2D eigenvalue weighted by molar-refractivity contribution is 0.461. The van der Waals surface area contributed by atoms with Crippen molar-refractivity contribution in [2.24, 2.45) is 0 Å². The van der Waals surface area contributed by atoms with E-state index in [2.05, 4.69) is 0 Å². The fourth-order valence-corrected chi connectivity index (χ4v) is 5.83. The zero-order chi connectivity index (χ0) is 19.4. The maximum Gasteiger partial charge on any atom is 0.419 e. The zero-order valence-electron chi connectivity index (χ0n) is 15.3. The monoisotopic (exact) mass is 389 g/mol. The van der Waals surface area contributed by atoms with E-state index in [0.717, 1.165) is 16.2 Å². The van der Waals surface area contributed by atoms with Crippen molar-refractivity contribution in [3.05, 3.63) is 119 Å². The van der Waals surface area contributed by atoms with Gasteiger partial charge in [0.1, 0.15) is 5.76 Å². The molecule has 4 nitrogen and oxygen atoms in total. The molecule has 1 aromatic heterocycles. The Morgan fingerprint density at radius 3 is 1.79 bits per heavy atom. The molecule has 140 valence electrons. The van der Waals surface area contributed by atoms with Gasteiger partial charge >= 0.3 is 5.76 Å². The largest absolute Gasteiger partial charge is 0.419 e. The van der Waals surface area contributed by atoms with Gasteiger partial charge in [-0.15, -0.1) is 0 Å². The molecule has 0 aliphatic carbocycles. The highest BCUT2D eigenvalue weighted by atomic mass is 31.2. The molecule has 0 amide bonds. The number of hydrogen-bond donors (Lipinski definition) is 0. The Balaban J connectivity index is 1.70. The van der Waals surface area contributed by atoms with Crippen molar-refractivity contribution >= 4 is 17.8 Å². The van der Waals surface area contributed by atoms with Crippen LogP contribution >= 0.6 is 7.14 Å². The van der Waals surface area contributed by atoms with Crippen molar-refractivity contribution < 1.29 is 8.98 Å². The van der Waals surface area contributed by atoms with Gasteiger partial charge in [0.05, 0.1) is 12.7 Å². The molecule has 3 aromatic carbocycles. The highest BCUT2D eigenvalue weighted by Crippen LogP contribution is 2.46. The summed E-state index contributed by atoms with van der Waals surface area (Å²) < 4.78 is 21.1. The Hall–Kier alpha value is -3.10. The van der Waals surface area contributed by atoms with E-state index in [-0.39, 0.29) is 6.16 Å². The highest BCUT2D eigenvalue weighted by Gasteiger charge is 2.29. The van der Waals surface area contributed by atoms with E-state index in [1.807, 2.05) is 91.0 Å². The molecule has 5 heteroatoms. The second kappa shape index (κ2) is 7.87.